The van der Waals surface area contributed by atoms with Gasteiger partial charge in [0.05, 0.1) is 31.4 Å². The highest BCUT2D eigenvalue weighted by molar-refractivity contribution is 8.18. The van der Waals surface area contributed by atoms with Crippen molar-refractivity contribution in [2.75, 3.05) is 20.8 Å². The van der Waals surface area contributed by atoms with E-state index in [1.54, 1.807) is 26.4 Å². The van der Waals surface area contributed by atoms with E-state index in [1.807, 2.05) is 43.3 Å². The fourth-order valence-corrected chi connectivity index (χ4v) is 3.29. The predicted octanol–water partition coefficient (Wildman–Crippen LogP) is 3.99. The van der Waals surface area contributed by atoms with Crippen LogP contribution < -0.4 is 19.5 Å². The van der Waals surface area contributed by atoms with Gasteiger partial charge in [-0.15, -0.1) is 0 Å². The maximum atomic E-state index is 12.3. The summed E-state index contributed by atoms with van der Waals surface area (Å²) < 4.78 is 16.0. The molecule has 7 heteroatoms. The average Bonchev–Trinajstić information content (AvgIpc) is 3.02. The van der Waals surface area contributed by atoms with E-state index in [-0.39, 0.29) is 5.91 Å². The van der Waals surface area contributed by atoms with E-state index in [2.05, 4.69) is 10.3 Å². The van der Waals surface area contributed by atoms with Crippen LogP contribution in [0.4, 0.5) is 5.69 Å². The summed E-state index contributed by atoms with van der Waals surface area (Å²) in [5.41, 5.74) is 1.53. The topological polar surface area (TPSA) is 69.2 Å². The summed E-state index contributed by atoms with van der Waals surface area (Å²) in [6.07, 6.45) is 1.78. The van der Waals surface area contributed by atoms with Gasteiger partial charge in [-0.1, -0.05) is 0 Å². The van der Waals surface area contributed by atoms with Gasteiger partial charge >= 0.3 is 0 Å². The molecule has 3 rings (SSSR count). The third-order valence-electron chi connectivity index (χ3n) is 3.76. The van der Waals surface area contributed by atoms with E-state index in [0.29, 0.717) is 28.2 Å². The maximum absolute atomic E-state index is 12.3. The number of aliphatic imine (C=N–C) groups is 1. The lowest BCUT2D eigenvalue weighted by Gasteiger charge is -2.07. The molecule has 2 aromatic rings. The average molecular weight is 384 g/mol. The first-order chi connectivity index (χ1) is 13.1. The zero-order chi connectivity index (χ0) is 19.2. The molecular weight excluding hydrogens is 364 g/mol. The lowest BCUT2D eigenvalue weighted by Crippen LogP contribution is -2.19. The molecule has 1 saturated heterocycles. The minimum absolute atomic E-state index is 0.192. The molecule has 1 fully saturated rings. The minimum Gasteiger partial charge on any atom is -0.497 e. The van der Waals surface area contributed by atoms with Crippen molar-refractivity contribution in [2.24, 2.45) is 4.99 Å². The molecule has 0 aromatic heterocycles. The first-order valence-electron chi connectivity index (χ1n) is 8.37. The molecule has 1 heterocycles. The lowest BCUT2D eigenvalue weighted by atomic mass is 10.1. The minimum atomic E-state index is -0.192. The second kappa shape index (κ2) is 8.64. The Morgan fingerprint density at radius 1 is 1.07 bits per heavy atom. The molecule has 1 aliphatic heterocycles. The van der Waals surface area contributed by atoms with Gasteiger partial charge in [-0.3, -0.25) is 4.79 Å². The Labute approximate surface area is 162 Å². The van der Waals surface area contributed by atoms with Gasteiger partial charge < -0.3 is 19.5 Å². The van der Waals surface area contributed by atoms with Crippen molar-refractivity contribution in [3.63, 3.8) is 0 Å². The Bertz CT molecular complexity index is 891. The van der Waals surface area contributed by atoms with E-state index >= 15 is 0 Å². The van der Waals surface area contributed by atoms with Crippen LogP contribution in [0.3, 0.4) is 0 Å². The molecule has 0 radical (unpaired) electrons. The van der Waals surface area contributed by atoms with Gasteiger partial charge in [0.1, 0.15) is 17.2 Å². The van der Waals surface area contributed by atoms with E-state index in [0.717, 1.165) is 17.0 Å². The lowest BCUT2D eigenvalue weighted by molar-refractivity contribution is -0.115. The molecule has 2 aromatic carbocycles. The zero-order valence-electron chi connectivity index (χ0n) is 15.3. The van der Waals surface area contributed by atoms with Gasteiger partial charge in [0.15, 0.2) is 5.17 Å². The third-order valence-corrected chi connectivity index (χ3v) is 4.67. The number of thioether (sulfide) groups is 1. The predicted molar refractivity (Wildman–Crippen MR) is 108 cm³/mol. The summed E-state index contributed by atoms with van der Waals surface area (Å²) in [6, 6.07) is 12.8. The number of methoxy groups -OCH3 is 2. The van der Waals surface area contributed by atoms with Crippen LogP contribution in [-0.4, -0.2) is 31.9 Å². The second-order valence-corrected chi connectivity index (χ2v) is 6.55. The van der Waals surface area contributed by atoms with Gasteiger partial charge in [0.2, 0.25) is 0 Å². The molecule has 0 spiro atoms. The van der Waals surface area contributed by atoms with Crippen molar-refractivity contribution in [2.45, 2.75) is 6.92 Å². The Kier molecular flexibility index (Phi) is 6.03. The van der Waals surface area contributed by atoms with Gasteiger partial charge in [-0.05, 0) is 61.2 Å². The number of nitrogens with one attached hydrogen (secondary N) is 1. The summed E-state index contributed by atoms with van der Waals surface area (Å²) in [4.78, 5) is 17.3. The number of benzene rings is 2. The first-order valence-corrected chi connectivity index (χ1v) is 9.19. The number of amides is 1. The molecule has 27 heavy (non-hydrogen) atoms. The molecule has 140 valence electrons. The third kappa shape index (κ3) is 4.62. The zero-order valence-corrected chi connectivity index (χ0v) is 16.1. The van der Waals surface area contributed by atoms with Crippen LogP contribution in [0.5, 0.6) is 17.2 Å². The molecule has 0 unspecified atom stereocenters. The number of nitrogens with zero attached hydrogens (tertiary/aromatic N) is 1. The highest BCUT2D eigenvalue weighted by Crippen LogP contribution is 2.32. The summed E-state index contributed by atoms with van der Waals surface area (Å²) in [7, 11) is 3.17. The molecule has 0 bridgehead atoms. The van der Waals surface area contributed by atoms with Gasteiger partial charge in [-0.25, -0.2) is 4.99 Å². The largest absolute Gasteiger partial charge is 0.497 e. The number of rotatable bonds is 6. The summed E-state index contributed by atoms with van der Waals surface area (Å²) in [5, 5.41) is 3.31. The molecule has 1 N–H and O–H groups in total. The van der Waals surface area contributed by atoms with E-state index < -0.39 is 0 Å². The van der Waals surface area contributed by atoms with Crippen LogP contribution in [0.15, 0.2) is 52.4 Å². The van der Waals surface area contributed by atoms with Crippen molar-refractivity contribution >= 4 is 34.6 Å². The van der Waals surface area contributed by atoms with Crippen LogP contribution in [0, 0.1) is 0 Å². The Balaban J connectivity index is 1.80. The van der Waals surface area contributed by atoms with Gasteiger partial charge in [-0.2, -0.15) is 0 Å². The normalized spacial score (nSPS) is 16.5. The Morgan fingerprint density at radius 3 is 2.48 bits per heavy atom. The summed E-state index contributed by atoms with van der Waals surface area (Å²) >= 11 is 1.28. The van der Waals surface area contributed by atoms with Crippen LogP contribution >= 0.6 is 11.8 Å². The van der Waals surface area contributed by atoms with Crippen molar-refractivity contribution in [3.05, 3.63) is 52.9 Å². The van der Waals surface area contributed by atoms with E-state index in [1.165, 1.54) is 11.8 Å². The number of hydrogen-bond donors (Lipinski definition) is 1. The maximum Gasteiger partial charge on any atom is 0.264 e. The Morgan fingerprint density at radius 2 is 1.81 bits per heavy atom. The highest BCUT2D eigenvalue weighted by atomic mass is 32.2. The van der Waals surface area contributed by atoms with Crippen molar-refractivity contribution in [1.29, 1.82) is 0 Å². The summed E-state index contributed by atoms with van der Waals surface area (Å²) in [5.74, 6) is 1.92. The standard InChI is InChI=1S/C20H20N2O4S/c1-4-26-15-9-6-14(7-10-15)21-20-22-19(23)18(27-20)11-13-5-8-16(24-2)12-17(13)25-3/h5-12H,4H2,1-3H3,(H,21,22,23)/b18-11-. The van der Waals surface area contributed by atoms with Crippen LogP contribution in [-0.2, 0) is 4.79 Å². The van der Waals surface area contributed by atoms with Crippen molar-refractivity contribution < 1.29 is 19.0 Å². The quantitative estimate of drug-likeness (QED) is 0.763. The first kappa shape index (κ1) is 18.8. The van der Waals surface area contributed by atoms with Crippen LogP contribution in [0.1, 0.15) is 12.5 Å². The number of carbonyl (C=O) groups is 1. The molecule has 0 saturated carbocycles. The fraction of sp³-hybridized carbons (Fsp3) is 0.200. The molecule has 0 atom stereocenters. The van der Waals surface area contributed by atoms with E-state index in [9.17, 15) is 4.79 Å². The van der Waals surface area contributed by atoms with Crippen LogP contribution in [0.25, 0.3) is 6.08 Å². The van der Waals surface area contributed by atoms with Crippen molar-refractivity contribution in [1.82, 2.24) is 5.32 Å². The van der Waals surface area contributed by atoms with Gasteiger partial charge in [0, 0.05) is 11.6 Å². The number of hydrogen-bond acceptors (Lipinski definition) is 6. The number of amidine groups is 1. The molecule has 1 aliphatic rings. The fourth-order valence-electron chi connectivity index (χ4n) is 2.46. The van der Waals surface area contributed by atoms with Crippen molar-refractivity contribution in [3.8, 4) is 17.2 Å². The highest BCUT2D eigenvalue weighted by Gasteiger charge is 2.24. The van der Waals surface area contributed by atoms with Gasteiger partial charge in [0.25, 0.3) is 5.91 Å². The molecule has 6 nitrogen and oxygen atoms in total. The SMILES string of the molecule is CCOc1ccc(N=C2NC(=O)/C(=C/c3ccc(OC)cc3OC)S2)cc1. The molecule has 1 amide bonds. The van der Waals surface area contributed by atoms with E-state index in [4.69, 9.17) is 14.2 Å². The number of ether oxygens (including phenoxy) is 3. The Hall–Kier alpha value is -2.93. The number of carbonyl (C=O) groups excluding carboxylic acids is 1. The second-order valence-electron chi connectivity index (χ2n) is 5.52. The smallest absolute Gasteiger partial charge is 0.264 e. The van der Waals surface area contributed by atoms with Crippen LogP contribution in [0.2, 0.25) is 0 Å². The molecular formula is C20H20N2O4S. The molecule has 0 aliphatic carbocycles. The summed E-state index contributed by atoms with van der Waals surface area (Å²) in [6.45, 7) is 2.55. The monoisotopic (exact) mass is 384 g/mol.